The van der Waals surface area contributed by atoms with E-state index < -0.39 is 0 Å². The van der Waals surface area contributed by atoms with Crippen molar-refractivity contribution in [2.45, 2.75) is 27.3 Å². The summed E-state index contributed by atoms with van der Waals surface area (Å²) in [4.78, 5) is 0. The summed E-state index contributed by atoms with van der Waals surface area (Å²) in [5.74, 6) is -0.285. The van der Waals surface area contributed by atoms with Crippen LogP contribution >= 0.6 is 11.6 Å². The molecule has 1 N–H and O–H groups in total. The fraction of sp³-hybridized carbons (Fsp3) is 0.250. The van der Waals surface area contributed by atoms with Gasteiger partial charge in [-0.25, -0.2) is 4.39 Å². The van der Waals surface area contributed by atoms with Gasteiger partial charge < -0.3 is 5.32 Å². The summed E-state index contributed by atoms with van der Waals surface area (Å²) in [7, 11) is 0. The van der Waals surface area contributed by atoms with Crippen molar-refractivity contribution in [1.82, 2.24) is 0 Å². The van der Waals surface area contributed by atoms with Gasteiger partial charge >= 0.3 is 0 Å². The van der Waals surface area contributed by atoms with Crippen molar-refractivity contribution >= 4 is 17.3 Å². The van der Waals surface area contributed by atoms with Crippen LogP contribution in [-0.4, -0.2) is 0 Å². The highest BCUT2D eigenvalue weighted by molar-refractivity contribution is 6.30. The summed E-state index contributed by atoms with van der Waals surface area (Å²) in [6, 6.07) is 8.80. The first kappa shape index (κ1) is 13.9. The molecule has 0 saturated carbocycles. The third-order valence-electron chi connectivity index (χ3n) is 3.22. The van der Waals surface area contributed by atoms with E-state index >= 15 is 0 Å². The second-order valence-electron chi connectivity index (χ2n) is 4.85. The Balaban J connectivity index is 2.21. The molecule has 0 atom stereocenters. The van der Waals surface area contributed by atoms with Crippen LogP contribution in [0.4, 0.5) is 10.1 Å². The molecule has 0 aliphatic carbocycles. The highest BCUT2D eigenvalue weighted by Crippen LogP contribution is 2.22. The van der Waals surface area contributed by atoms with Crippen LogP contribution in [0.25, 0.3) is 0 Å². The van der Waals surface area contributed by atoms with E-state index in [4.69, 9.17) is 11.6 Å². The molecular formula is C16H17ClFN. The summed E-state index contributed by atoms with van der Waals surface area (Å²) in [5, 5.41) is 3.64. The summed E-state index contributed by atoms with van der Waals surface area (Å²) in [6.45, 7) is 6.82. The van der Waals surface area contributed by atoms with Gasteiger partial charge in [-0.2, -0.15) is 0 Å². The topological polar surface area (TPSA) is 12.0 Å². The number of benzene rings is 2. The van der Waals surface area contributed by atoms with Crippen molar-refractivity contribution in [2.75, 3.05) is 5.32 Å². The van der Waals surface area contributed by atoms with E-state index in [1.165, 1.54) is 28.3 Å². The molecule has 100 valence electrons. The lowest BCUT2D eigenvalue weighted by atomic mass is 10.00. The Labute approximate surface area is 118 Å². The summed E-state index contributed by atoms with van der Waals surface area (Å²) >= 11 is 5.88. The average molecular weight is 278 g/mol. The van der Waals surface area contributed by atoms with E-state index in [1.54, 1.807) is 12.1 Å². The van der Waals surface area contributed by atoms with E-state index in [1.807, 2.05) is 0 Å². The van der Waals surface area contributed by atoms with Gasteiger partial charge in [0.25, 0.3) is 0 Å². The lowest BCUT2D eigenvalue weighted by molar-refractivity contribution is 0.630. The Bertz CT molecular complexity index is 585. The molecule has 19 heavy (non-hydrogen) atoms. The third-order valence-corrected chi connectivity index (χ3v) is 3.46. The summed E-state index contributed by atoms with van der Waals surface area (Å²) in [5.41, 5.74) is 5.31. The molecule has 2 rings (SSSR count). The SMILES string of the molecule is Cc1cc(C)c(CNc2cc(Cl)ccc2F)c(C)c1. The Morgan fingerprint density at radius 2 is 1.68 bits per heavy atom. The molecule has 0 radical (unpaired) electrons. The van der Waals surface area contributed by atoms with Crippen molar-refractivity contribution in [3.8, 4) is 0 Å². The molecule has 0 fully saturated rings. The molecule has 0 saturated heterocycles. The van der Waals surface area contributed by atoms with Gasteiger partial charge in [0.15, 0.2) is 0 Å². The van der Waals surface area contributed by atoms with Gasteiger partial charge in [0.05, 0.1) is 5.69 Å². The van der Waals surface area contributed by atoms with Gasteiger partial charge in [-0.15, -0.1) is 0 Å². The zero-order valence-corrected chi connectivity index (χ0v) is 12.1. The fourth-order valence-electron chi connectivity index (χ4n) is 2.31. The van der Waals surface area contributed by atoms with Crippen LogP contribution in [-0.2, 0) is 6.54 Å². The molecule has 3 heteroatoms. The van der Waals surface area contributed by atoms with Gasteiger partial charge in [-0.1, -0.05) is 29.3 Å². The minimum absolute atomic E-state index is 0.285. The second-order valence-corrected chi connectivity index (χ2v) is 5.29. The monoisotopic (exact) mass is 277 g/mol. The Morgan fingerprint density at radius 3 is 2.32 bits per heavy atom. The van der Waals surface area contributed by atoms with Gasteiger partial charge in [-0.05, 0) is 55.7 Å². The standard InChI is InChI=1S/C16H17ClFN/c1-10-6-11(2)14(12(3)7-10)9-19-16-8-13(17)4-5-15(16)18/h4-8,19H,9H2,1-3H3. The van der Waals surface area contributed by atoms with E-state index in [9.17, 15) is 4.39 Å². The number of halogens is 2. The first-order chi connectivity index (χ1) is 8.97. The van der Waals surface area contributed by atoms with Crippen molar-refractivity contribution in [1.29, 1.82) is 0 Å². The smallest absolute Gasteiger partial charge is 0.146 e. The summed E-state index contributed by atoms with van der Waals surface area (Å²) < 4.78 is 13.6. The van der Waals surface area contributed by atoms with Crippen LogP contribution < -0.4 is 5.32 Å². The van der Waals surface area contributed by atoms with E-state index in [2.05, 4.69) is 38.2 Å². The quantitative estimate of drug-likeness (QED) is 0.831. The first-order valence-corrected chi connectivity index (χ1v) is 6.61. The largest absolute Gasteiger partial charge is 0.379 e. The number of hydrogen-bond donors (Lipinski definition) is 1. The molecule has 0 aliphatic heterocycles. The van der Waals surface area contributed by atoms with Crippen molar-refractivity contribution in [3.05, 3.63) is 63.4 Å². The molecule has 0 aliphatic rings. The number of rotatable bonds is 3. The fourth-order valence-corrected chi connectivity index (χ4v) is 2.48. The molecular weight excluding hydrogens is 261 g/mol. The minimum atomic E-state index is -0.285. The van der Waals surface area contributed by atoms with Crippen molar-refractivity contribution < 1.29 is 4.39 Å². The lowest BCUT2D eigenvalue weighted by Gasteiger charge is -2.14. The number of aryl methyl sites for hydroxylation is 3. The molecule has 0 aromatic heterocycles. The van der Waals surface area contributed by atoms with Crippen molar-refractivity contribution in [3.63, 3.8) is 0 Å². The molecule has 0 unspecified atom stereocenters. The van der Waals surface area contributed by atoms with Crippen LogP contribution in [0.15, 0.2) is 30.3 Å². The van der Waals surface area contributed by atoms with E-state index in [-0.39, 0.29) is 5.82 Å². The van der Waals surface area contributed by atoms with Crippen LogP contribution in [0.1, 0.15) is 22.3 Å². The van der Waals surface area contributed by atoms with Crippen LogP contribution in [0.2, 0.25) is 5.02 Å². The van der Waals surface area contributed by atoms with Gasteiger partial charge in [-0.3, -0.25) is 0 Å². The highest BCUT2D eigenvalue weighted by Gasteiger charge is 2.06. The molecule has 0 amide bonds. The van der Waals surface area contributed by atoms with E-state index in [0.29, 0.717) is 17.3 Å². The molecule has 2 aromatic carbocycles. The summed E-state index contributed by atoms with van der Waals surface area (Å²) in [6.07, 6.45) is 0. The van der Waals surface area contributed by atoms with Crippen molar-refractivity contribution in [2.24, 2.45) is 0 Å². The minimum Gasteiger partial charge on any atom is -0.379 e. The molecule has 0 bridgehead atoms. The normalized spacial score (nSPS) is 10.6. The first-order valence-electron chi connectivity index (χ1n) is 6.23. The molecule has 0 heterocycles. The van der Waals surface area contributed by atoms with Gasteiger partial charge in [0, 0.05) is 11.6 Å². The predicted molar refractivity (Wildman–Crippen MR) is 79.4 cm³/mol. The predicted octanol–water partition coefficient (Wildman–Crippen LogP) is 5.02. The third kappa shape index (κ3) is 3.27. The molecule has 1 nitrogen and oxygen atoms in total. The van der Waals surface area contributed by atoms with Gasteiger partial charge in [0.2, 0.25) is 0 Å². The average Bonchev–Trinajstić information content (AvgIpc) is 2.32. The maximum Gasteiger partial charge on any atom is 0.146 e. The lowest BCUT2D eigenvalue weighted by Crippen LogP contribution is -2.05. The van der Waals surface area contributed by atoms with Crippen LogP contribution in [0, 0.1) is 26.6 Å². The maximum atomic E-state index is 13.6. The highest BCUT2D eigenvalue weighted by atomic mass is 35.5. The zero-order valence-electron chi connectivity index (χ0n) is 11.3. The molecule has 0 spiro atoms. The Morgan fingerprint density at radius 1 is 1.05 bits per heavy atom. The van der Waals surface area contributed by atoms with Gasteiger partial charge in [0.1, 0.15) is 5.82 Å². The number of hydrogen-bond acceptors (Lipinski definition) is 1. The Hall–Kier alpha value is -1.54. The second kappa shape index (κ2) is 5.62. The zero-order chi connectivity index (χ0) is 14.0. The molecule has 2 aromatic rings. The maximum absolute atomic E-state index is 13.6. The number of nitrogens with one attached hydrogen (secondary N) is 1. The van der Waals surface area contributed by atoms with Crippen LogP contribution in [0.3, 0.4) is 0 Å². The van der Waals surface area contributed by atoms with E-state index in [0.717, 1.165) is 0 Å². The Kier molecular flexibility index (Phi) is 4.11. The van der Waals surface area contributed by atoms with Crippen LogP contribution in [0.5, 0.6) is 0 Å². The number of anilines is 1.